The molecule has 0 aliphatic carbocycles. The summed E-state index contributed by atoms with van der Waals surface area (Å²) in [5.74, 6) is 4.93. The average molecular weight is 245 g/mol. The van der Waals surface area contributed by atoms with E-state index in [2.05, 4.69) is 27.9 Å². The van der Waals surface area contributed by atoms with Crippen LogP contribution in [0.15, 0.2) is 35.3 Å². The molecule has 0 heterocycles. The second kappa shape index (κ2) is 4.50. The standard InChI is InChI=1S/C9H10BrFN2/c1-2-9(13-12)7-5-6(10)3-4-8(7)11/h2-5,9,13H,1,12H2. The second-order valence-corrected chi connectivity index (χ2v) is 3.46. The summed E-state index contributed by atoms with van der Waals surface area (Å²) in [6, 6.07) is 4.32. The van der Waals surface area contributed by atoms with Crippen LogP contribution in [0.2, 0.25) is 0 Å². The minimum absolute atomic E-state index is 0.300. The van der Waals surface area contributed by atoms with Gasteiger partial charge in [0.2, 0.25) is 0 Å². The van der Waals surface area contributed by atoms with Crippen LogP contribution < -0.4 is 11.3 Å². The predicted molar refractivity (Wildman–Crippen MR) is 54.4 cm³/mol. The van der Waals surface area contributed by atoms with Crippen LogP contribution in [0.3, 0.4) is 0 Å². The highest BCUT2D eigenvalue weighted by molar-refractivity contribution is 9.10. The van der Waals surface area contributed by atoms with Crippen LogP contribution in [-0.4, -0.2) is 0 Å². The Morgan fingerprint density at radius 3 is 2.85 bits per heavy atom. The molecule has 4 heteroatoms. The van der Waals surface area contributed by atoms with Crippen molar-refractivity contribution < 1.29 is 4.39 Å². The molecule has 1 aromatic carbocycles. The van der Waals surface area contributed by atoms with Crippen molar-refractivity contribution >= 4 is 15.9 Å². The van der Waals surface area contributed by atoms with Gasteiger partial charge in [-0.25, -0.2) is 9.82 Å². The number of rotatable bonds is 3. The number of hydrogen-bond acceptors (Lipinski definition) is 2. The normalized spacial score (nSPS) is 12.5. The molecule has 1 atom stereocenters. The topological polar surface area (TPSA) is 38.0 Å². The molecule has 70 valence electrons. The molecule has 1 unspecified atom stereocenters. The van der Waals surface area contributed by atoms with E-state index in [1.165, 1.54) is 6.07 Å². The summed E-state index contributed by atoms with van der Waals surface area (Å²) in [5, 5.41) is 0. The molecule has 0 amide bonds. The van der Waals surface area contributed by atoms with Crippen LogP contribution in [-0.2, 0) is 0 Å². The van der Waals surface area contributed by atoms with E-state index in [1.54, 1.807) is 18.2 Å². The van der Waals surface area contributed by atoms with E-state index < -0.39 is 0 Å². The van der Waals surface area contributed by atoms with Crippen LogP contribution in [0.5, 0.6) is 0 Å². The Hall–Kier alpha value is -0.710. The molecule has 0 fully saturated rings. The van der Waals surface area contributed by atoms with Gasteiger partial charge in [-0.2, -0.15) is 0 Å². The van der Waals surface area contributed by atoms with Crippen molar-refractivity contribution in [3.63, 3.8) is 0 Å². The van der Waals surface area contributed by atoms with Gasteiger partial charge in [0.25, 0.3) is 0 Å². The van der Waals surface area contributed by atoms with Crippen molar-refractivity contribution in [3.8, 4) is 0 Å². The van der Waals surface area contributed by atoms with Gasteiger partial charge in [-0.15, -0.1) is 6.58 Å². The van der Waals surface area contributed by atoms with Gasteiger partial charge in [0.1, 0.15) is 5.82 Å². The van der Waals surface area contributed by atoms with Crippen molar-refractivity contribution in [1.82, 2.24) is 5.43 Å². The Balaban J connectivity index is 3.10. The minimum Gasteiger partial charge on any atom is -0.271 e. The van der Waals surface area contributed by atoms with Crippen LogP contribution in [0.25, 0.3) is 0 Å². The molecular formula is C9H10BrFN2. The lowest BCUT2D eigenvalue weighted by atomic mass is 10.1. The van der Waals surface area contributed by atoms with Crippen molar-refractivity contribution in [2.24, 2.45) is 5.84 Å². The average Bonchev–Trinajstić information content (AvgIpc) is 2.13. The molecule has 0 spiro atoms. The summed E-state index contributed by atoms with van der Waals surface area (Å²) < 4.78 is 14.0. The quantitative estimate of drug-likeness (QED) is 0.487. The second-order valence-electron chi connectivity index (χ2n) is 2.55. The van der Waals surface area contributed by atoms with E-state index >= 15 is 0 Å². The summed E-state index contributed by atoms with van der Waals surface area (Å²) in [6.45, 7) is 3.55. The molecule has 1 rings (SSSR count). The maximum atomic E-state index is 13.2. The van der Waals surface area contributed by atoms with Gasteiger partial charge >= 0.3 is 0 Å². The highest BCUT2D eigenvalue weighted by Crippen LogP contribution is 2.21. The molecule has 0 aliphatic heterocycles. The minimum atomic E-state index is -0.363. The van der Waals surface area contributed by atoms with Gasteiger partial charge in [-0.3, -0.25) is 5.84 Å². The molecule has 0 aromatic heterocycles. The van der Waals surface area contributed by atoms with Crippen LogP contribution in [0.1, 0.15) is 11.6 Å². The Labute approximate surface area is 84.7 Å². The molecule has 0 saturated carbocycles. The van der Waals surface area contributed by atoms with Gasteiger partial charge in [0, 0.05) is 10.0 Å². The molecule has 3 N–H and O–H groups in total. The van der Waals surface area contributed by atoms with E-state index in [1.807, 2.05) is 0 Å². The maximum Gasteiger partial charge on any atom is 0.128 e. The van der Waals surface area contributed by atoms with Crippen molar-refractivity contribution in [2.75, 3.05) is 0 Å². The van der Waals surface area contributed by atoms with E-state index in [4.69, 9.17) is 5.84 Å². The third-order valence-corrected chi connectivity index (χ3v) is 2.20. The highest BCUT2D eigenvalue weighted by Gasteiger charge is 2.10. The zero-order valence-electron chi connectivity index (χ0n) is 6.93. The Bertz CT molecular complexity index is 314. The Kier molecular flexibility index (Phi) is 3.59. The molecule has 2 nitrogen and oxygen atoms in total. The molecule has 0 bridgehead atoms. The number of benzene rings is 1. The molecule has 0 aliphatic rings. The van der Waals surface area contributed by atoms with Crippen LogP contribution >= 0.6 is 15.9 Å². The first-order chi connectivity index (χ1) is 6.19. The van der Waals surface area contributed by atoms with Gasteiger partial charge in [0.15, 0.2) is 0 Å². The lowest BCUT2D eigenvalue weighted by molar-refractivity contribution is 0.568. The largest absolute Gasteiger partial charge is 0.271 e. The third-order valence-electron chi connectivity index (χ3n) is 1.71. The van der Waals surface area contributed by atoms with E-state index in [0.29, 0.717) is 5.56 Å². The zero-order chi connectivity index (χ0) is 9.84. The first-order valence-electron chi connectivity index (χ1n) is 3.72. The molecule has 0 saturated heterocycles. The summed E-state index contributed by atoms with van der Waals surface area (Å²) in [4.78, 5) is 0. The number of nitrogens with two attached hydrogens (primary N) is 1. The highest BCUT2D eigenvalue weighted by atomic mass is 79.9. The summed E-state index contributed by atoms with van der Waals surface area (Å²) in [7, 11) is 0. The third kappa shape index (κ3) is 2.37. The smallest absolute Gasteiger partial charge is 0.128 e. The number of hydrazine groups is 1. The number of hydrogen-bond donors (Lipinski definition) is 2. The van der Waals surface area contributed by atoms with Crippen molar-refractivity contribution in [2.45, 2.75) is 6.04 Å². The van der Waals surface area contributed by atoms with Gasteiger partial charge in [0.05, 0.1) is 6.04 Å². The lowest BCUT2D eigenvalue weighted by Crippen LogP contribution is -2.27. The maximum absolute atomic E-state index is 13.2. The number of halogens is 2. The van der Waals surface area contributed by atoms with E-state index in [9.17, 15) is 4.39 Å². The first kappa shape index (κ1) is 10.4. The summed E-state index contributed by atoms with van der Waals surface area (Å²) in [5.41, 5.74) is 2.94. The predicted octanol–water partition coefficient (Wildman–Crippen LogP) is 2.28. The Morgan fingerprint density at radius 2 is 2.31 bits per heavy atom. The molecule has 0 radical (unpaired) electrons. The van der Waals surface area contributed by atoms with Crippen molar-refractivity contribution in [3.05, 3.63) is 46.7 Å². The van der Waals surface area contributed by atoms with Gasteiger partial charge in [-0.1, -0.05) is 22.0 Å². The molecule has 13 heavy (non-hydrogen) atoms. The zero-order valence-corrected chi connectivity index (χ0v) is 8.51. The number of nitrogens with one attached hydrogen (secondary N) is 1. The van der Waals surface area contributed by atoms with Gasteiger partial charge < -0.3 is 0 Å². The first-order valence-corrected chi connectivity index (χ1v) is 4.52. The van der Waals surface area contributed by atoms with Crippen LogP contribution in [0.4, 0.5) is 4.39 Å². The molecular weight excluding hydrogens is 235 g/mol. The van der Waals surface area contributed by atoms with Crippen LogP contribution in [0, 0.1) is 5.82 Å². The van der Waals surface area contributed by atoms with E-state index in [-0.39, 0.29) is 11.9 Å². The fraction of sp³-hybridized carbons (Fsp3) is 0.111. The van der Waals surface area contributed by atoms with Crippen molar-refractivity contribution in [1.29, 1.82) is 0 Å². The van der Waals surface area contributed by atoms with E-state index in [0.717, 1.165) is 4.47 Å². The summed E-state index contributed by atoms with van der Waals surface area (Å²) in [6.07, 6.45) is 1.55. The lowest BCUT2D eigenvalue weighted by Gasteiger charge is -2.12. The molecule has 1 aromatic rings. The summed E-state index contributed by atoms with van der Waals surface area (Å²) >= 11 is 3.25. The Morgan fingerprint density at radius 1 is 1.62 bits per heavy atom. The fourth-order valence-electron chi connectivity index (χ4n) is 1.04. The SMILES string of the molecule is C=CC(NN)c1cc(Br)ccc1F. The monoisotopic (exact) mass is 244 g/mol. The van der Waals surface area contributed by atoms with Gasteiger partial charge in [-0.05, 0) is 18.2 Å². The fourth-order valence-corrected chi connectivity index (χ4v) is 1.42.